The van der Waals surface area contributed by atoms with Gasteiger partial charge < -0.3 is 4.74 Å². The van der Waals surface area contributed by atoms with Crippen molar-refractivity contribution in [1.29, 1.82) is 0 Å². The van der Waals surface area contributed by atoms with Crippen LogP contribution in [0.5, 0.6) is 5.75 Å². The van der Waals surface area contributed by atoms with Gasteiger partial charge >= 0.3 is 0 Å². The number of ether oxygens (including phenoxy) is 1. The van der Waals surface area contributed by atoms with Crippen LogP contribution in [0.4, 0.5) is 0 Å². The lowest BCUT2D eigenvalue weighted by molar-refractivity contribution is 0.173. The van der Waals surface area contributed by atoms with Crippen molar-refractivity contribution in [1.82, 2.24) is 13.5 Å². The van der Waals surface area contributed by atoms with Crippen LogP contribution in [-0.4, -0.2) is 61.3 Å². The molecule has 2 aliphatic heterocycles. The molecule has 0 unspecified atom stereocenters. The second-order valence-corrected chi connectivity index (χ2v) is 9.54. The molecule has 0 N–H and O–H groups in total. The minimum Gasteiger partial charge on any atom is -0.494 e. The van der Waals surface area contributed by atoms with Crippen LogP contribution in [0.3, 0.4) is 0 Å². The first-order chi connectivity index (χ1) is 14.1. The molecule has 0 radical (unpaired) electrons. The van der Waals surface area contributed by atoms with Crippen LogP contribution < -0.4 is 4.74 Å². The first-order valence-electron chi connectivity index (χ1n) is 10.3. The third kappa shape index (κ3) is 4.64. The molecule has 156 valence electrons. The Morgan fingerprint density at radius 3 is 2.24 bits per heavy atom. The number of benzene rings is 2. The predicted octanol–water partition coefficient (Wildman–Crippen LogP) is 2.51. The van der Waals surface area contributed by atoms with Crippen molar-refractivity contribution in [3.63, 3.8) is 0 Å². The van der Waals surface area contributed by atoms with Crippen LogP contribution in [0.25, 0.3) is 0 Å². The molecule has 0 aromatic heterocycles. The number of piperazine rings is 1. The summed E-state index contributed by atoms with van der Waals surface area (Å²) in [5.74, 6) is 0.885. The van der Waals surface area contributed by atoms with E-state index in [9.17, 15) is 8.42 Å². The van der Waals surface area contributed by atoms with Gasteiger partial charge in [0.2, 0.25) is 0 Å². The SMILES string of the molecule is CCOc1ccc(CN2CCN(S(=O)(=O)N3CCc4ccccc4C3)CC2)cc1. The lowest BCUT2D eigenvalue weighted by Crippen LogP contribution is -2.53. The van der Waals surface area contributed by atoms with E-state index in [4.69, 9.17) is 4.74 Å². The maximum atomic E-state index is 13.1. The summed E-state index contributed by atoms with van der Waals surface area (Å²) in [4.78, 5) is 2.31. The molecule has 2 aromatic carbocycles. The first-order valence-corrected chi connectivity index (χ1v) is 11.7. The molecule has 0 atom stereocenters. The Morgan fingerprint density at radius 1 is 0.862 bits per heavy atom. The fourth-order valence-corrected chi connectivity index (χ4v) is 5.64. The van der Waals surface area contributed by atoms with Crippen LogP contribution in [-0.2, 0) is 29.7 Å². The van der Waals surface area contributed by atoms with Gasteiger partial charge in [-0.15, -0.1) is 0 Å². The second-order valence-electron chi connectivity index (χ2n) is 7.61. The van der Waals surface area contributed by atoms with Gasteiger partial charge in [0.25, 0.3) is 10.2 Å². The van der Waals surface area contributed by atoms with Gasteiger partial charge in [0, 0.05) is 45.8 Å². The highest BCUT2D eigenvalue weighted by Gasteiger charge is 2.34. The van der Waals surface area contributed by atoms with E-state index < -0.39 is 10.2 Å². The van der Waals surface area contributed by atoms with Gasteiger partial charge in [0.1, 0.15) is 5.75 Å². The fraction of sp³-hybridized carbons (Fsp3) is 0.455. The molecule has 1 fully saturated rings. The van der Waals surface area contributed by atoms with Gasteiger partial charge in [-0.1, -0.05) is 36.4 Å². The van der Waals surface area contributed by atoms with Crippen LogP contribution in [0.2, 0.25) is 0 Å². The number of nitrogens with zero attached hydrogens (tertiary/aromatic N) is 3. The molecular weight excluding hydrogens is 386 g/mol. The number of rotatable bonds is 6. The Bertz CT molecular complexity index is 923. The highest BCUT2D eigenvalue weighted by Crippen LogP contribution is 2.23. The standard InChI is InChI=1S/C22H29N3O3S/c1-2-28-22-9-7-19(8-10-22)17-23-13-15-24(16-14-23)29(26,27)25-12-11-20-5-3-4-6-21(20)18-25/h3-10H,2,11-18H2,1H3. The predicted molar refractivity (Wildman–Crippen MR) is 114 cm³/mol. The lowest BCUT2D eigenvalue weighted by atomic mass is 10.0. The summed E-state index contributed by atoms with van der Waals surface area (Å²) in [6, 6.07) is 16.3. The van der Waals surface area contributed by atoms with E-state index in [0.29, 0.717) is 32.8 Å². The zero-order valence-corrected chi connectivity index (χ0v) is 17.8. The summed E-state index contributed by atoms with van der Waals surface area (Å²) < 4.78 is 35.0. The monoisotopic (exact) mass is 415 g/mol. The van der Waals surface area contributed by atoms with Crippen molar-refractivity contribution in [2.45, 2.75) is 26.4 Å². The van der Waals surface area contributed by atoms with Gasteiger partial charge in [-0.2, -0.15) is 17.0 Å². The van der Waals surface area contributed by atoms with Crippen molar-refractivity contribution in [3.05, 3.63) is 65.2 Å². The minimum absolute atomic E-state index is 0.477. The van der Waals surface area contributed by atoms with Gasteiger partial charge in [-0.25, -0.2) is 0 Å². The second kappa shape index (κ2) is 8.83. The van der Waals surface area contributed by atoms with Gasteiger partial charge in [0.15, 0.2) is 0 Å². The Labute approximate surface area is 173 Å². The molecular formula is C22H29N3O3S. The topological polar surface area (TPSA) is 53.1 Å². The molecule has 2 aliphatic rings. The van der Waals surface area contributed by atoms with E-state index in [2.05, 4.69) is 23.1 Å². The normalized spacial score (nSPS) is 19.1. The summed E-state index contributed by atoms with van der Waals surface area (Å²) in [5.41, 5.74) is 3.60. The van der Waals surface area contributed by atoms with Gasteiger partial charge in [0.05, 0.1) is 6.61 Å². The fourth-order valence-electron chi connectivity index (χ4n) is 4.06. The van der Waals surface area contributed by atoms with E-state index in [-0.39, 0.29) is 0 Å². The van der Waals surface area contributed by atoms with Crippen LogP contribution in [0.15, 0.2) is 48.5 Å². The summed E-state index contributed by atoms with van der Waals surface area (Å²) in [6.07, 6.45) is 0.785. The number of fused-ring (bicyclic) bond motifs is 1. The zero-order chi connectivity index (χ0) is 20.3. The molecule has 0 spiro atoms. The molecule has 0 bridgehead atoms. The Hall–Kier alpha value is -1.93. The highest BCUT2D eigenvalue weighted by molar-refractivity contribution is 7.86. The molecule has 0 aliphatic carbocycles. The Morgan fingerprint density at radius 2 is 1.55 bits per heavy atom. The van der Waals surface area contributed by atoms with E-state index in [0.717, 1.165) is 37.4 Å². The highest BCUT2D eigenvalue weighted by atomic mass is 32.2. The molecule has 7 heteroatoms. The molecule has 2 aromatic rings. The molecule has 2 heterocycles. The number of hydrogen-bond donors (Lipinski definition) is 0. The molecule has 4 rings (SSSR count). The first kappa shape index (κ1) is 20.3. The summed E-state index contributed by atoms with van der Waals surface area (Å²) >= 11 is 0. The third-order valence-electron chi connectivity index (χ3n) is 5.72. The summed E-state index contributed by atoms with van der Waals surface area (Å²) in [5, 5.41) is 0. The molecule has 0 amide bonds. The van der Waals surface area contributed by atoms with Crippen LogP contribution >= 0.6 is 0 Å². The van der Waals surface area contributed by atoms with Gasteiger partial charge in [-0.3, -0.25) is 4.90 Å². The summed E-state index contributed by atoms with van der Waals surface area (Å²) in [7, 11) is -3.41. The van der Waals surface area contributed by atoms with Crippen LogP contribution in [0.1, 0.15) is 23.6 Å². The van der Waals surface area contributed by atoms with Crippen molar-refractivity contribution >= 4 is 10.2 Å². The van der Waals surface area contributed by atoms with Crippen LogP contribution in [0, 0.1) is 0 Å². The molecule has 29 heavy (non-hydrogen) atoms. The van der Waals surface area contributed by atoms with Crippen molar-refractivity contribution < 1.29 is 13.2 Å². The zero-order valence-electron chi connectivity index (χ0n) is 17.0. The van der Waals surface area contributed by atoms with Crippen molar-refractivity contribution in [2.24, 2.45) is 0 Å². The van der Waals surface area contributed by atoms with E-state index in [1.807, 2.05) is 37.3 Å². The average Bonchev–Trinajstić information content (AvgIpc) is 2.75. The maximum absolute atomic E-state index is 13.1. The van der Waals surface area contributed by atoms with E-state index in [1.54, 1.807) is 8.61 Å². The van der Waals surface area contributed by atoms with E-state index >= 15 is 0 Å². The third-order valence-corrected chi connectivity index (χ3v) is 7.70. The Kier molecular flexibility index (Phi) is 6.20. The molecule has 1 saturated heterocycles. The minimum atomic E-state index is -3.41. The summed E-state index contributed by atoms with van der Waals surface area (Å²) in [6.45, 7) is 7.08. The van der Waals surface area contributed by atoms with Crippen molar-refractivity contribution in [2.75, 3.05) is 39.3 Å². The van der Waals surface area contributed by atoms with Crippen molar-refractivity contribution in [3.8, 4) is 5.75 Å². The molecule has 0 saturated carbocycles. The van der Waals surface area contributed by atoms with Gasteiger partial charge in [-0.05, 0) is 42.2 Å². The van der Waals surface area contributed by atoms with E-state index in [1.165, 1.54) is 11.1 Å². The largest absolute Gasteiger partial charge is 0.494 e. The quantitative estimate of drug-likeness (QED) is 0.728. The smallest absolute Gasteiger partial charge is 0.282 e. The molecule has 6 nitrogen and oxygen atoms in total. The lowest BCUT2D eigenvalue weighted by Gasteiger charge is -2.38. The average molecular weight is 416 g/mol. The Balaban J connectivity index is 1.33. The number of hydrogen-bond acceptors (Lipinski definition) is 4. The maximum Gasteiger partial charge on any atom is 0.282 e.